The van der Waals surface area contributed by atoms with Gasteiger partial charge in [-0.3, -0.25) is 0 Å². The molecule has 0 atom stereocenters. The van der Waals surface area contributed by atoms with Crippen molar-refractivity contribution in [2.45, 2.75) is 38.8 Å². The smallest absolute Gasteiger partial charge is 0.407 e. The molecule has 0 radical (unpaired) electrons. The SMILES string of the molecule is CC(C)(C)OC(=O)NCC(F)(F)CNCc1ccc(Br)o1. The lowest BCUT2D eigenvalue weighted by molar-refractivity contribution is -0.00403. The lowest BCUT2D eigenvalue weighted by Gasteiger charge is -2.22. The van der Waals surface area contributed by atoms with Crippen LogP contribution in [0.25, 0.3) is 0 Å². The van der Waals surface area contributed by atoms with E-state index in [1.54, 1.807) is 32.9 Å². The van der Waals surface area contributed by atoms with Gasteiger partial charge < -0.3 is 19.8 Å². The third kappa shape index (κ3) is 8.01. The van der Waals surface area contributed by atoms with Gasteiger partial charge in [-0.2, -0.15) is 0 Å². The van der Waals surface area contributed by atoms with E-state index in [0.29, 0.717) is 10.4 Å². The van der Waals surface area contributed by atoms with Gasteiger partial charge >= 0.3 is 6.09 Å². The van der Waals surface area contributed by atoms with Crippen molar-refractivity contribution in [2.24, 2.45) is 0 Å². The van der Waals surface area contributed by atoms with Crippen LogP contribution in [0.2, 0.25) is 0 Å². The summed E-state index contributed by atoms with van der Waals surface area (Å²) < 4.78 is 37.7. The number of alkyl halides is 2. The molecule has 0 saturated carbocycles. The zero-order valence-corrected chi connectivity index (χ0v) is 13.7. The monoisotopic (exact) mass is 368 g/mol. The Bertz CT molecular complexity index is 472. The van der Waals surface area contributed by atoms with Gasteiger partial charge in [0, 0.05) is 0 Å². The van der Waals surface area contributed by atoms with Crippen molar-refractivity contribution in [3.05, 3.63) is 22.6 Å². The number of furan rings is 1. The number of hydrogen-bond acceptors (Lipinski definition) is 4. The summed E-state index contributed by atoms with van der Waals surface area (Å²) in [6.45, 7) is 3.78. The van der Waals surface area contributed by atoms with E-state index in [1.807, 2.05) is 0 Å². The summed E-state index contributed by atoms with van der Waals surface area (Å²) in [5.74, 6) is -2.54. The number of rotatable bonds is 6. The van der Waals surface area contributed by atoms with Crippen molar-refractivity contribution in [3.8, 4) is 0 Å². The first-order valence-electron chi connectivity index (χ1n) is 6.37. The van der Waals surface area contributed by atoms with E-state index in [4.69, 9.17) is 9.15 Å². The van der Waals surface area contributed by atoms with Crippen molar-refractivity contribution < 1.29 is 22.7 Å². The number of amides is 1. The second-order valence-corrected chi connectivity index (χ2v) is 6.30. The van der Waals surface area contributed by atoms with Crippen LogP contribution in [-0.2, 0) is 11.3 Å². The molecule has 0 aromatic carbocycles. The molecule has 1 amide bonds. The van der Waals surface area contributed by atoms with Gasteiger partial charge in [0.05, 0.1) is 19.6 Å². The first-order chi connectivity index (χ1) is 9.57. The molecule has 2 N–H and O–H groups in total. The average Bonchev–Trinajstić information content (AvgIpc) is 2.70. The third-order valence-corrected chi connectivity index (χ3v) is 2.63. The topological polar surface area (TPSA) is 63.5 Å². The zero-order chi connectivity index (χ0) is 16.1. The fourth-order valence-electron chi connectivity index (χ4n) is 1.39. The lowest BCUT2D eigenvalue weighted by Crippen LogP contribution is -2.44. The van der Waals surface area contributed by atoms with Crippen LogP contribution < -0.4 is 10.6 Å². The maximum Gasteiger partial charge on any atom is 0.407 e. The number of halogens is 3. The third-order valence-electron chi connectivity index (χ3n) is 2.20. The standard InChI is InChI=1S/C13H19BrF2N2O3/c1-12(2,3)21-11(19)18-8-13(15,16)7-17-6-9-4-5-10(14)20-9/h4-5,17H,6-8H2,1-3H3,(H,18,19). The average molecular weight is 369 g/mol. The number of hydrogen-bond donors (Lipinski definition) is 2. The van der Waals surface area contributed by atoms with Crippen LogP contribution in [0.5, 0.6) is 0 Å². The van der Waals surface area contributed by atoms with E-state index in [-0.39, 0.29) is 6.54 Å². The van der Waals surface area contributed by atoms with Crippen molar-refractivity contribution in [2.75, 3.05) is 13.1 Å². The van der Waals surface area contributed by atoms with Crippen molar-refractivity contribution in [3.63, 3.8) is 0 Å². The van der Waals surface area contributed by atoms with Gasteiger partial charge in [-0.1, -0.05) is 0 Å². The normalized spacial score (nSPS) is 12.3. The van der Waals surface area contributed by atoms with Gasteiger partial charge in [0.25, 0.3) is 5.92 Å². The van der Waals surface area contributed by atoms with Crippen LogP contribution in [0, 0.1) is 0 Å². The molecule has 120 valence electrons. The molecule has 1 heterocycles. The van der Waals surface area contributed by atoms with Crippen LogP contribution in [0.3, 0.4) is 0 Å². The number of carbonyl (C=O) groups excluding carboxylic acids is 1. The van der Waals surface area contributed by atoms with Crippen LogP contribution in [0.15, 0.2) is 21.2 Å². The Labute approximate surface area is 130 Å². The van der Waals surface area contributed by atoms with Gasteiger partial charge in [0.2, 0.25) is 0 Å². The Hall–Kier alpha value is -1.15. The Morgan fingerprint density at radius 2 is 2.00 bits per heavy atom. The van der Waals surface area contributed by atoms with E-state index >= 15 is 0 Å². The Kier molecular flexibility index (Phi) is 6.15. The minimum Gasteiger partial charge on any atom is -0.453 e. The highest BCUT2D eigenvalue weighted by Gasteiger charge is 2.30. The summed E-state index contributed by atoms with van der Waals surface area (Å²) in [5, 5.41) is 4.62. The van der Waals surface area contributed by atoms with Gasteiger partial charge in [0.1, 0.15) is 11.4 Å². The molecule has 1 aromatic heterocycles. The second-order valence-electron chi connectivity index (χ2n) is 5.52. The maximum absolute atomic E-state index is 13.6. The molecule has 0 aliphatic carbocycles. The lowest BCUT2D eigenvalue weighted by atomic mass is 10.2. The van der Waals surface area contributed by atoms with E-state index in [0.717, 1.165) is 0 Å². The van der Waals surface area contributed by atoms with Crippen LogP contribution >= 0.6 is 15.9 Å². The van der Waals surface area contributed by atoms with Crippen LogP contribution in [0.1, 0.15) is 26.5 Å². The Morgan fingerprint density at radius 3 is 2.52 bits per heavy atom. The summed E-state index contributed by atoms with van der Waals surface area (Å²) >= 11 is 3.12. The number of alkyl carbamates (subject to hydrolysis) is 1. The van der Waals surface area contributed by atoms with Crippen molar-refractivity contribution >= 4 is 22.0 Å². The molecule has 0 unspecified atom stereocenters. The van der Waals surface area contributed by atoms with Gasteiger partial charge in [0.15, 0.2) is 4.67 Å². The minimum atomic E-state index is -3.08. The van der Waals surface area contributed by atoms with Crippen molar-refractivity contribution in [1.82, 2.24) is 10.6 Å². The largest absolute Gasteiger partial charge is 0.453 e. The molecule has 0 bridgehead atoms. The number of carbonyl (C=O) groups is 1. The molecular weight excluding hydrogens is 350 g/mol. The summed E-state index contributed by atoms with van der Waals surface area (Å²) in [5.41, 5.74) is -0.718. The number of ether oxygens (including phenoxy) is 1. The van der Waals surface area contributed by atoms with E-state index in [9.17, 15) is 13.6 Å². The molecule has 21 heavy (non-hydrogen) atoms. The van der Waals surface area contributed by atoms with E-state index < -0.39 is 30.7 Å². The number of nitrogens with one attached hydrogen (secondary N) is 2. The van der Waals surface area contributed by atoms with E-state index in [1.165, 1.54) is 0 Å². The first-order valence-corrected chi connectivity index (χ1v) is 7.16. The summed E-state index contributed by atoms with van der Waals surface area (Å²) in [6.07, 6.45) is -0.864. The molecule has 8 heteroatoms. The molecule has 0 fully saturated rings. The molecule has 0 saturated heterocycles. The quantitative estimate of drug-likeness (QED) is 0.808. The fraction of sp³-hybridized carbons (Fsp3) is 0.615. The molecule has 0 aliphatic rings. The molecule has 0 spiro atoms. The molecule has 0 aliphatic heterocycles. The fourth-order valence-corrected chi connectivity index (χ4v) is 1.73. The molecule has 5 nitrogen and oxygen atoms in total. The van der Waals surface area contributed by atoms with Crippen LogP contribution in [0.4, 0.5) is 13.6 Å². The maximum atomic E-state index is 13.6. The van der Waals surface area contributed by atoms with E-state index in [2.05, 4.69) is 26.6 Å². The molecular formula is C13H19BrF2N2O3. The van der Waals surface area contributed by atoms with Gasteiger partial charge in [-0.25, -0.2) is 13.6 Å². The highest BCUT2D eigenvalue weighted by Crippen LogP contribution is 2.15. The summed E-state index contributed by atoms with van der Waals surface area (Å²) in [7, 11) is 0. The van der Waals surface area contributed by atoms with Crippen LogP contribution in [-0.4, -0.2) is 30.7 Å². The molecule has 1 rings (SSSR count). The minimum absolute atomic E-state index is 0.174. The predicted octanol–water partition coefficient (Wildman–Crippen LogP) is 3.29. The summed E-state index contributed by atoms with van der Waals surface area (Å²) in [4.78, 5) is 11.3. The predicted molar refractivity (Wildman–Crippen MR) is 77.3 cm³/mol. The zero-order valence-electron chi connectivity index (χ0n) is 12.1. The molecule has 1 aromatic rings. The highest BCUT2D eigenvalue weighted by atomic mass is 79.9. The Morgan fingerprint density at radius 1 is 1.33 bits per heavy atom. The summed E-state index contributed by atoms with van der Waals surface area (Å²) in [6, 6.07) is 3.35. The Balaban J connectivity index is 2.28. The van der Waals surface area contributed by atoms with Gasteiger partial charge in [-0.15, -0.1) is 0 Å². The van der Waals surface area contributed by atoms with Crippen molar-refractivity contribution in [1.29, 1.82) is 0 Å². The highest BCUT2D eigenvalue weighted by molar-refractivity contribution is 9.10. The second kappa shape index (κ2) is 7.22. The first kappa shape index (κ1) is 17.9. The van der Waals surface area contributed by atoms with Gasteiger partial charge in [-0.05, 0) is 48.8 Å².